The third kappa shape index (κ3) is 4.63. The molecular formula is C51H31NO. The summed E-state index contributed by atoms with van der Waals surface area (Å²) in [6, 6.07) is 67.6. The first-order valence-corrected chi connectivity index (χ1v) is 18.1. The molecule has 0 saturated carbocycles. The Hall–Kier alpha value is -7.03. The van der Waals surface area contributed by atoms with Crippen LogP contribution in [0.2, 0.25) is 0 Å². The Morgan fingerprint density at radius 1 is 0.340 bits per heavy atom. The van der Waals surface area contributed by atoms with Gasteiger partial charge in [-0.1, -0.05) is 170 Å². The van der Waals surface area contributed by atoms with Crippen molar-refractivity contribution in [2.45, 2.75) is 0 Å². The van der Waals surface area contributed by atoms with Crippen LogP contribution in [0.15, 0.2) is 192 Å². The fourth-order valence-corrected chi connectivity index (χ4v) is 8.50. The molecule has 53 heavy (non-hydrogen) atoms. The van der Waals surface area contributed by atoms with Gasteiger partial charge in [0, 0.05) is 10.9 Å². The quantitative estimate of drug-likeness (QED) is 0.137. The van der Waals surface area contributed by atoms with Gasteiger partial charge in [-0.25, -0.2) is 4.98 Å². The molecule has 1 heterocycles. The predicted octanol–water partition coefficient (Wildman–Crippen LogP) is 14.3. The summed E-state index contributed by atoms with van der Waals surface area (Å²) < 4.78 is 6.67. The maximum atomic E-state index is 6.67. The van der Waals surface area contributed by atoms with E-state index in [2.05, 4.69) is 170 Å². The predicted molar refractivity (Wildman–Crippen MR) is 223 cm³/mol. The lowest BCUT2D eigenvalue weighted by Crippen LogP contribution is -1.92. The second kappa shape index (κ2) is 11.8. The zero-order valence-corrected chi connectivity index (χ0v) is 28.8. The van der Waals surface area contributed by atoms with Crippen molar-refractivity contribution in [3.8, 4) is 44.8 Å². The normalized spacial score (nSPS) is 11.8. The van der Waals surface area contributed by atoms with Gasteiger partial charge < -0.3 is 4.42 Å². The topological polar surface area (TPSA) is 26.0 Å². The van der Waals surface area contributed by atoms with Crippen LogP contribution in [0.25, 0.3) is 110 Å². The van der Waals surface area contributed by atoms with E-state index in [0.29, 0.717) is 5.89 Å². The van der Waals surface area contributed by atoms with Gasteiger partial charge in [-0.2, -0.15) is 0 Å². The largest absolute Gasteiger partial charge is 0.435 e. The molecule has 0 unspecified atom stereocenters. The Labute approximate surface area is 306 Å². The lowest BCUT2D eigenvalue weighted by atomic mass is 9.84. The van der Waals surface area contributed by atoms with Crippen LogP contribution in [-0.2, 0) is 0 Å². The molecule has 11 rings (SSSR count). The molecule has 11 aromatic rings. The van der Waals surface area contributed by atoms with Gasteiger partial charge >= 0.3 is 0 Å². The summed E-state index contributed by atoms with van der Waals surface area (Å²) in [5.74, 6) is 0.629. The molecule has 0 saturated heterocycles. The molecule has 0 spiro atoms. The average Bonchev–Trinajstić information content (AvgIpc) is 3.67. The number of nitrogens with zero attached hydrogens (tertiary/aromatic N) is 1. The molecule has 0 aliphatic rings. The monoisotopic (exact) mass is 673 g/mol. The van der Waals surface area contributed by atoms with Crippen LogP contribution in [0.3, 0.4) is 0 Å². The van der Waals surface area contributed by atoms with Gasteiger partial charge in [0.05, 0.1) is 0 Å². The van der Waals surface area contributed by atoms with Crippen molar-refractivity contribution in [3.63, 3.8) is 0 Å². The molecule has 0 aliphatic carbocycles. The number of aromatic nitrogens is 1. The van der Waals surface area contributed by atoms with Gasteiger partial charge in [-0.05, 0) is 100 Å². The molecule has 0 atom stereocenters. The Balaban J connectivity index is 1.19. The highest BCUT2D eigenvalue weighted by atomic mass is 16.3. The summed E-state index contributed by atoms with van der Waals surface area (Å²) in [4.78, 5) is 5.14. The van der Waals surface area contributed by atoms with E-state index in [1.54, 1.807) is 0 Å². The molecule has 0 N–H and O–H groups in total. The zero-order valence-electron chi connectivity index (χ0n) is 28.8. The summed E-state index contributed by atoms with van der Waals surface area (Å²) in [6.45, 7) is 0. The highest BCUT2D eigenvalue weighted by Crippen LogP contribution is 2.48. The van der Waals surface area contributed by atoms with Crippen LogP contribution in [0.5, 0.6) is 0 Å². The molecular weight excluding hydrogens is 643 g/mol. The fraction of sp³-hybridized carbons (Fsp3) is 0. The minimum absolute atomic E-state index is 0.629. The van der Waals surface area contributed by atoms with Gasteiger partial charge in [-0.3, -0.25) is 0 Å². The van der Waals surface area contributed by atoms with Crippen LogP contribution in [0, 0.1) is 0 Å². The Morgan fingerprint density at radius 2 is 0.887 bits per heavy atom. The molecule has 1 aromatic heterocycles. The standard InChI is InChI=1S/C51H31NO/c1-2-15-36(16-3-1)51-52-46-31-45(44-30-29-33-14-5-7-19-39(33)49(44)50(46)53-51)48-42-22-10-8-20-40(42)47(41-21-9-11-23-43(41)48)35-27-25-34(26-28-35)38-24-12-17-32-13-4-6-18-37(32)38/h1-31H. The minimum atomic E-state index is 0.629. The number of oxazole rings is 1. The SMILES string of the molecule is c1ccc(-c2nc3cc(-c4c5ccccc5c(-c5ccc(-c6cccc7ccccc67)cc5)c5ccccc45)c4ccc5ccccc5c4c3o2)cc1. The highest BCUT2D eigenvalue weighted by molar-refractivity contribution is 6.28. The molecule has 0 aliphatic heterocycles. The molecule has 0 fully saturated rings. The van der Waals surface area contributed by atoms with E-state index >= 15 is 0 Å². The molecule has 10 aromatic carbocycles. The summed E-state index contributed by atoms with van der Waals surface area (Å²) in [5.41, 5.74) is 9.89. The van der Waals surface area contributed by atoms with Crippen molar-refractivity contribution in [2.24, 2.45) is 0 Å². The van der Waals surface area contributed by atoms with Gasteiger partial charge in [0.2, 0.25) is 5.89 Å². The van der Waals surface area contributed by atoms with E-state index < -0.39 is 0 Å². The van der Waals surface area contributed by atoms with Gasteiger partial charge in [0.15, 0.2) is 5.58 Å². The maximum absolute atomic E-state index is 6.67. The summed E-state index contributed by atoms with van der Waals surface area (Å²) >= 11 is 0. The Morgan fingerprint density at radius 3 is 1.58 bits per heavy atom. The molecule has 0 bridgehead atoms. The summed E-state index contributed by atoms with van der Waals surface area (Å²) in [6.07, 6.45) is 0. The number of hydrogen-bond donors (Lipinski definition) is 0. The summed E-state index contributed by atoms with van der Waals surface area (Å²) in [7, 11) is 0. The average molecular weight is 674 g/mol. The van der Waals surface area contributed by atoms with Crippen molar-refractivity contribution in [1.82, 2.24) is 4.98 Å². The van der Waals surface area contributed by atoms with Crippen LogP contribution >= 0.6 is 0 Å². The first-order valence-electron chi connectivity index (χ1n) is 18.1. The number of fused-ring (bicyclic) bond motifs is 8. The minimum Gasteiger partial charge on any atom is -0.435 e. The third-order valence-corrected chi connectivity index (χ3v) is 10.9. The molecule has 2 heteroatoms. The first kappa shape index (κ1) is 29.7. The van der Waals surface area contributed by atoms with Crippen molar-refractivity contribution in [3.05, 3.63) is 188 Å². The van der Waals surface area contributed by atoms with Gasteiger partial charge in [0.25, 0.3) is 0 Å². The van der Waals surface area contributed by atoms with E-state index in [9.17, 15) is 0 Å². The van der Waals surface area contributed by atoms with Crippen LogP contribution < -0.4 is 0 Å². The lowest BCUT2D eigenvalue weighted by Gasteiger charge is -2.19. The smallest absolute Gasteiger partial charge is 0.227 e. The Kier molecular flexibility index (Phi) is 6.59. The van der Waals surface area contributed by atoms with E-state index in [0.717, 1.165) is 38.4 Å². The van der Waals surface area contributed by atoms with Crippen LogP contribution in [0.4, 0.5) is 0 Å². The summed E-state index contributed by atoms with van der Waals surface area (Å²) in [5, 5.41) is 11.9. The molecule has 2 nitrogen and oxygen atoms in total. The Bertz CT molecular complexity index is 3150. The zero-order chi connectivity index (χ0) is 34.9. The maximum Gasteiger partial charge on any atom is 0.227 e. The van der Waals surface area contributed by atoms with Gasteiger partial charge in [-0.15, -0.1) is 0 Å². The molecule has 246 valence electrons. The van der Waals surface area contributed by atoms with E-state index in [1.807, 2.05) is 18.2 Å². The molecule has 0 amide bonds. The first-order chi connectivity index (χ1) is 26.3. The van der Waals surface area contributed by atoms with E-state index in [-0.39, 0.29) is 0 Å². The molecule has 0 radical (unpaired) electrons. The lowest BCUT2D eigenvalue weighted by molar-refractivity contribution is 0.623. The fourth-order valence-electron chi connectivity index (χ4n) is 8.50. The van der Waals surface area contributed by atoms with E-state index in [4.69, 9.17) is 9.40 Å². The number of hydrogen-bond acceptors (Lipinski definition) is 2. The van der Waals surface area contributed by atoms with E-state index in [1.165, 1.54) is 65.5 Å². The third-order valence-electron chi connectivity index (χ3n) is 10.9. The number of rotatable bonds is 4. The second-order valence-electron chi connectivity index (χ2n) is 13.8. The van der Waals surface area contributed by atoms with Crippen LogP contribution in [0.1, 0.15) is 0 Å². The van der Waals surface area contributed by atoms with Crippen LogP contribution in [-0.4, -0.2) is 4.98 Å². The second-order valence-corrected chi connectivity index (χ2v) is 13.8. The van der Waals surface area contributed by atoms with Gasteiger partial charge in [0.1, 0.15) is 5.52 Å². The van der Waals surface area contributed by atoms with Crippen molar-refractivity contribution in [2.75, 3.05) is 0 Å². The van der Waals surface area contributed by atoms with Crippen molar-refractivity contribution in [1.29, 1.82) is 0 Å². The number of benzene rings is 10. The van der Waals surface area contributed by atoms with Crippen molar-refractivity contribution >= 4 is 65.0 Å². The highest BCUT2D eigenvalue weighted by Gasteiger charge is 2.22. The van der Waals surface area contributed by atoms with Crippen molar-refractivity contribution < 1.29 is 4.42 Å².